The minimum atomic E-state index is -1.93. The molecule has 31 heavy (non-hydrogen) atoms. The first-order valence-corrected chi connectivity index (χ1v) is 14.3. The number of anilines is 1. The van der Waals surface area contributed by atoms with E-state index in [4.69, 9.17) is 9.16 Å². The summed E-state index contributed by atoms with van der Waals surface area (Å²) in [4.78, 5) is 15.6. The van der Waals surface area contributed by atoms with Gasteiger partial charge in [0.05, 0.1) is 18.8 Å². The number of esters is 1. The Hall–Kier alpha value is -1.63. The Morgan fingerprint density at radius 2 is 2.03 bits per heavy atom. The predicted octanol–water partition coefficient (Wildman–Crippen LogP) is 4.80. The van der Waals surface area contributed by atoms with Crippen molar-refractivity contribution in [2.75, 3.05) is 25.2 Å². The fourth-order valence-corrected chi connectivity index (χ4v) is 6.29. The number of hydrogen-bond acceptors (Lipinski definition) is 5. The topological polar surface area (TPSA) is 59.0 Å². The zero-order valence-corrected chi connectivity index (χ0v) is 21.0. The number of nitrogens with zero attached hydrogens (tertiary/aromatic N) is 1. The van der Waals surface area contributed by atoms with Crippen molar-refractivity contribution in [3.8, 4) is 0 Å². The second-order valence-electron chi connectivity index (χ2n) is 10.6. The molecular formula is C25H39NO4Si. The normalized spacial score (nSPS) is 28.1. The van der Waals surface area contributed by atoms with Crippen LogP contribution in [0.1, 0.15) is 52.0 Å². The highest BCUT2D eigenvalue weighted by atomic mass is 28.4. The van der Waals surface area contributed by atoms with E-state index in [-0.39, 0.29) is 11.0 Å². The van der Waals surface area contributed by atoms with Gasteiger partial charge in [0.2, 0.25) is 0 Å². The fourth-order valence-electron chi connectivity index (χ4n) is 5.24. The largest absolute Gasteiger partial charge is 0.468 e. The first-order valence-electron chi connectivity index (χ1n) is 11.4. The van der Waals surface area contributed by atoms with Gasteiger partial charge in [-0.1, -0.05) is 45.0 Å². The van der Waals surface area contributed by atoms with Crippen LogP contribution in [0.15, 0.2) is 36.9 Å². The molecule has 2 heterocycles. The summed E-state index contributed by atoms with van der Waals surface area (Å²) in [6.45, 7) is 16.3. The van der Waals surface area contributed by atoms with Crippen LogP contribution in [0.5, 0.6) is 0 Å². The molecule has 0 unspecified atom stereocenters. The average Bonchev–Trinajstić information content (AvgIpc) is 2.99. The molecule has 3 rings (SSSR count). The Kier molecular flexibility index (Phi) is 6.49. The summed E-state index contributed by atoms with van der Waals surface area (Å²) < 4.78 is 11.8. The van der Waals surface area contributed by atoms with Crippen LogP contribution in [0, 0.1) is 0 Å². The van der Waals surface area contributed by atoms with E-state index in [2.05, 4.69) is 45.3 Å². The van der Waals surface area contributed by atoms with Crippen molar-refractivity contribution in [2.24, 2.45) is 0 Å². The molecule has 3 atom stereocenters. The van der Waals surface area contributed by atoms with Gasteiger partial charge in [0, 0.05) is 25.3 Å². The van der Waals surface area contributed by atoms with Crippen molar-refractivity contribution >= 4 is 20.0 Å². The number of allylic oxidation sites excluding steroid dienone is 1. The van der Waals surface area contributed by atoms with Crippen molar-refractivity contribution in [3.05, 3.63) is 42.5 Å². The van der Waals surface area contributed by atoms with Gasteiger partial charge in [-0.2, -0.15) is 0 Å². The monoisotopic (exact) mass is 445 g/mol. The molecule has 1 fully saturated rings. The summed E-state index contributed by atoms with van der Waals surface area (Å²) in [5, 5.41) is 12.2. The van der Waals surface area contributed by atoms with E-state index in [1.54, 1.807) is 6.08 Å². The minimum absolute atomic E-state index is 0.108. The molecule has 2 aliphatic rings. The lowest BCUT2D eigenvalue weighted by Gasteiger charge is -2.50. The van der Waals surface area contributed by atoms with Gasteiger partial charge < -0.3 is 19.2 Å². The van der Waals surface area contributed by atoms with Gasteiger partial charge in [0.1, 0.15) is 5.41 Å². The number of carbonyl (C=O) groups is 1. The van der Waals surface area contributed by atoms with Crippen molar-refractivity contribution in [1.82, 2.24) is 0 Å². The molecule has 0 aromatic heterocycles. The molecular weight excluding hydrogens is 406 g/mol. The van der Waals surface area contributed by atoms with E-state index in [1.807, 2.05) is 24.3 Å². The van der Waals surface area contributed by atoms with E-state index in [0.29, 0.717) is 25.9 Å². The van der Waals surface area contributed by atoms with Crippen molar-refractivity contribution < 1.29 is 19.1 Å². The molecule has 172 valence electrons. The van der Waals surface area contributed by atoms with Crippen LogP contribution >= 0.6 is 0 Å². The molecule has 0 amide bonds. The van der Waals surface area contributed by atoms with E-state index in [0.717, 1.165) is 24.2 Å². The number of piperidine rings is 1. The van der Waals surface area contributed by atoms with Crippen LogP contribution in [0.3, 0.4) is 0 Å². The molecule has 0 aliphatic carbocycles. The molecule has 1 saturated heterocycles. The Morgan fingerprint density at radius 3 is 2.65 bits per heavy atom. The third kappa shape index (κ3) is 3.87. The Morgan fingerprint density at radius 1 is 1.35 bits per heavy atom. The number of methoxy groups -OCH3 is 1. The Bertz CT molecular complexity index is 833. The second-order valence-corrected chi connectivity index (χ2v) is 15.4. The lowest BCUT2D eigenvalue weighted by molar-refractivity contribution is -0.153. The lowest BCUT2D eigenvalue weighted by atomic mass is 9.65. The van der Waals surface area contributed by atoms with E-state index >= 15 is 0 Å². The molecule has 2 aliphatic heterocycles. The maximum absolute atomic E-state index is 13.4. The fraction of sp³-hybridized carbons (Fsp3) is 0.640. The lowest BCUT2D eigenvalue weighted by Crippen LogP contribution is -2.65. The first kappa shape index (κ1) is 24.0. The van der Waals surface area contributed by atoms with Crippen molar-refractivity contribution in [1.29, 1.82) is 0 Å². The second kappa shape index (κ2) is 8.37. The molecule has 6 heteroatoms. The van der Waals surface area contributed by atoms with E-state index in [9.17, 15) is 9.90 Å². The van der Waals surface area contributed by atoms with Gasteiger partial charge in [-0.05, 0) is 49.0 Å². The number of para-hydroxylation sites is 1. The van der Waals surface area contributed by atoms with Gasteiger partial charge in [0.25, 0.3) is 0 Å². The van der Waals surface area contributed by atoms with E-state index < -0.39 is 25.4 Å². The minimum Gasteiger partial charge on any atom is -0.468 e. The predicted molar refractivity (Wildman–Crippen MR) is 128 cm³/mol. The van der Waals surface area contributed by atoms with E-state index in [1.165, 1.54) is 7.11 Å². The van der Waals surface area contributed by atoms with Crippen LogP contribution in [-0.2, 0) is 19.4 Å². The molecule has 1 aromatic carbocycles. The standard InChI is InChI=1S/C25H39NO4Si/c1-8-14-25(22(27)29-5)19-12-9-10-13-20(19)26-17-11-15-24(28,21(25)26)16-18-30-31(6,7)23(2,3)4/h8-10,12-13,21,28H,1,11,14-18H2,2-7H3/t21-,24+,25-/m0/s1. The zero-order valence-electron chi connectivity index (χ0n) is 20.0. The van der Waals surface area contributed by atoms with Crippen LogP contribution in [0.2, 0.25) is 18.1 Å². The third-order valence-corrected chi connectivity index (χ3v) is 12.3. The summed E-state index contributed by atoms with van der Waals surface area (Å²) in [5.74, 6) is -0.307. The highest BCUT2D eigenvalue weighted by molar-refractivity contribution is 6.74. The molecule has 1 N–H and O–H groups in total. The summed E-state index contributed by atoms with van der Waals surface area (Å²) in [5.41, 5.74) is -0.0867. The summed E-state index contributed by atoms with van der Waals surface area (Å²) in [7, 11) is -0.500. The number of hydrogen-bond donors (Lipinski definition) is 1. The number of rotatable bonds is 7. The Balaban J connectivity index is 2.00. The summed E-state index contributed by atoms with van der Waals surface area (Å²) in [6, 6.07) is 7.59. The summed E-state index contributed by atoms with van der Waals surface area (Å²) in [6.07, 6.45) is 4.19. The van der Waals surface area contributed by atoms with Crippen LogP contribution in [0.25, 0.3) is 0 Å². The zero-order chi connectivity index (χ0) is 23.1. The molecule has 0 spiro atoms. The maximum Gasteiger partial charge on any atom is 0.318 e. The average molecular weight is 446 g/mol. The molecule has 1 aromatic rings. The SMILES string of the molecule is C=CC[C@]1(C(=O)OC)c2ccccc2N2CCC[C@@](O)(CCO[Si](C)(C)C(C)(C)C)[C@H]21. The number of carbonyl (C=O) groups excluding carboxylic acids is 1. The number of fused-ring (bicyclic) bond motifs is 3. The number of aliphatic hydroxyl groups is 1. The van der Waals surface area contributed by atoms with Gasteiger partial charge in [-0.15, -0.1) is 6.58 Å². The van der Waals surface area contributed by atoms with Gasteiger partial charge in [-0.3, -0.25) is 4.79 Å². The van der Waals surface area contributed by atoms with Gasteiger partial charge in [-0.25, -0.2) is 0 Å². The highest BCUT2D eigenvalue weighted by Gasteiger charge is 2.64. The highest BCUT2D eigenvalue weighted by Crippen LogP contribution is 2.55. The third-order valence-electron chi connectivity index (χ3n) is 7.81. The maximum atomic E-state index is 13.4. The quantitative estimate of drug-likeness (QED) is 0.371. The molecule has 0 radical (unpaired) electrons. The first-order chi connectivity index (χ1) is 14.4. The molecule has 0 saturated carbocycles. The van der Waals surface area contributed by atoms with Crippen LogP contribution < -0.4 is 4.90 Å². The molecule has 5 nitrogen and oxygen atoms in total. The van der Waals surface area contributed by atoms with Crippen molar-refractivity contribution in [2.45, 2.75) is 81.6 Å². The summed E-state index contributed by atoms with van der Waals surface area (Å²) >= 11 is 0. The van der Waals surface area contributed by atoms with Gasteiger partial charge >= 0.3 is 5.97 Å². The number of ether oxygens (including phenoxy) is 1. The van der Waals surface area contributed by atoms with Gasteiger partial charge in [0.15, 0.2) is 8.32 Å². The Labute approximate surface area is 188 Å². The van der Waals surface area contributed by atoms with Crippen LogP contribution in [0.4, 0.5) is 5.69 Å². The smallest absolute Gasteiger partial charge is 0.318 e. The van der Waals surface area contributed by atoms with Crippen LogP contribution in [-0.4, -0.2) is 51.3 Å². The van der Waals surface area contributed by atoms with Crippen molar-refractivity contribution in [3.63, 3.8) is 0 Å². The number of benzene rings is 1. The molecule has 0 bridgehead atoms.